The van der Waals surface area contributed by atoms with Crippen molar-refractivity contribution < 1.29 is 14.3 Å². The molecular weight excluding hydrogens is 338 g/mol. The molecular formula is C20H22ClNO3. The van der Waals surface area contributed by atoms with Gasteiger partial charge in [-0.05, 0) is 49.9 Å². The average Bonchev–Trinajstić information content (AvgIpc) is 2.54. The van der Waals surface area contributed by atoms with Crippen LogP contribution in [0.3, 0.4) is 0 Å². The average molecular weight is 360 g/mol. The maximum atomic E-state index is 12.0. The Kier molecular flexibility index (Phi) is 4.91. The van der Waals surface area contributed by atoms with Gasteiger partial charge in [-0.2, -0.15) is 0 Å². The molecule has 0 unspecified atom stereocenters. The summed E-state index contributed by atoms with van der Waals surface area (Å²) in [6.07, 6.45) is 0. The van der Waals surface area contributed by atoms with Crippen molar-refractivity contribution >= 4 is 23.1 Å². The van der Waals surface area contributed by atoms with Crippen molar-refractivity contribution in [2.24, 2.45) is 0 Å². The molecule has 0 saturated carbocycles. The van der Waals surface area contributed by atoms with E-state index in [2.05, 4.69) is 18.3 Å². The molecule has 0 spiro atoms. The van der Waals surface area contributed by atoms with Gasteiger partial charge in [0.2, 0.25) is 0 Å². The van der Waals surface area contributed by atoms with Gasteiger partial charge in [-0.25, -0.2) is 0 Å². The molecule has 3 rings (SSSR count). The predicted octanol–water partition coefficient (Wildman–Crippen LogP) is 4.85. The summed E-state index contributed by atoms with van der Waals surface area (Å²) in [5, 5.41) is 3.95. The Balaban J connectivity index is 1.90. The lowest BCUT2D eigenvalue weighted by Gasteiger charge is -2.21. The molecule has 4 nitrogen and oxygen atoms in total. The molecule has 0 saturated heterocycles. The summed E-state index contributed by atoms with van der Waals surface area (Å²) >= 11 is 6.36. The van der Waals surface area contributed by atoms with Crippen molar-refractivity contribution in [2.75, 3.05) is 18.5 Å². The summed E-state index contributed by atoms with van der Waals surface area (Å²) < 4.78 is 11.2. The van der Waals surface area contributed by atoms with Crippen LogP contribution in [-0.4, -0.2) is 19.0 Å². The van der Waals surface area contributed by atoms with E-state index in [0.717, 1.165) is 33.5 Å². The van der Waals surface area contributed by atoms with E-state index >= 15 is 0 Å². The van der Waals surface area contributed by atoms with Crippen LogP contribution >= 0.6 is 11.6 Å². The van der Waals surface area contributed by atoms with Crippen molar-refractivity contribution in [1.29, 1.82) is 0 Å². The van der Waals surface area contributed by atoms with Gasteiger partial charge in [0.1, 0.15) is 13.2 Å². The highest BCUT2D eigenvalue weighted by Crippen LogP contribution is 2.38. The molecule has 0 aromatic heterocycles. The molecule has 25 heavy (non-hydrogen) atoms. The quantitative estimate of drug-likeness (QED) is 0.792. The van der Waals surface area contributed by atoms with E-state index in [-0.39, 0.29) is 5.78 Å². The highest BCUT2D eigenvalue weighted by molar-refractivity contribution is 6.33. The number of rotatable bonds is 4. The Morgan fingerprint density at radius 3 is 2.36 bits per heavy atom. The molecule has 0 fully saturated rings. The molecule has 0 radical (unpaired) electrons. The second-order valence-corrected chi connectivity index (χ2v) is 6.78. The van der Waals surface area contributed by atoms with Crippen molar-refractivity contribution in [3.05, 3.63) is 51.0 Å². The molecule has 1 aliphatic heterocycles. The molecule has 1 aliphatic rings. The van der Waals surface area contributed by atoms with Crippen LogP contribution in [-0.2, 0) is 6.54 Å². The number of hydrogen-bond acceptors (Lipinski definition) is 4. The molecule has 2 aromatic rings. The standard InChI is InChI=1S/C20H22ClNO3/c1-11-7-12(2)20(14(4)23)13(3)15(11)10-22-17-9-19-18(8-16(17)21)24-5-6-25-19/h7-9,22H,5-6,10H2,1-4H3. The fourth-order valence-electron chi connectivity index (χ4n) is 3.42. The lowest BCUT2D eigenvalue weighted by atomic mass is 9.91. The Bertz CT molecular complexity index is 846. The largest absolute Gasteiger partial charge is 0.486 e. The van der Waals surface area contributed by atoms with Crippen molar-refractivity contribution in [2.45, 2.75) is 34.2 Å². The normalized spacial score (nSPS) is 12.8. The summed E-state index contributed by atoms with van der Waals surface area (Å²) in [6, 6.07) is 5.70. The summed E-state index contributed by atoms with van der Waals surface area (Å²) in [5.74, 6) is 1.46. The fourth-order valence-corrected chi connectivity index (χ4v) is 3.64. The van der Waals surface area contributed by atoms with E-state index in [9.17, 15) is 4.79 Å². The molecule has 0 amide bonds. The second-order valence-electron chi connectivity index (χ2n) is 6.37. The molecule has 5 heteroatoms. The van der Waals surface area contributed by atoms with E-state index in [4.69, 9.17) is 21.1 Å². The first kappa shape index (κ1) is 17.6. The molecule has 0 atom stereocenters. The van der Waals surface area contributed by atoms with Crippen LogP contribution in [0.15, 0.2) is 18.2 Å². The van der Waals surface area contributed by atoms with E-state index < -0.39 is 0 Å². The number of anilines is 1. The van der Waals surface area contributed by atoms with Gasteiger partial charge >= 0.3 is 0 Å². The zero-order chi connectivity index (χ0) is 18.1. The Labute approximate surface area is 153 Å². The highest BCUT2D eigenvalue weighted by Gasteiger charge is 2.17. The van der Waals surface area contributed by atoms with Gasteiger partial charge in [0.15, 0.2) is 17.3 Å². The van der Waals surface area contributed by atoms with Crippen LogP contribution in [0.4, 0.5) is 5.69 Å². The van der Waals surface area contributed by atoms with E-state index in [0.29, 0.717) is 36.3 Å². The number of carbonyl (C=O) groups excluding carboxylic acids is 1. The number of aryl methyl sites for hydroxylation is 2. The number of Topliss-reactive ketones (excluding diaryl/α,β-unsaturated/α-hetero) is 1. The highest BCUT2D eigenvalue weighted by atomic mass is 35.5. The second kappa shape index (κ2) is 6.96. The topological polar surface area (TPSA) is 47.6 Å². The zero-order valence-corrected chi connectivity index (χ0v) is 15.7. The number of hydrogen-bond donors (Lipinski definition) is 1. The number of halogens is 1. The van der Waals surface area contributed by atoms with Crippen molar-refractivity contribution in [3.8, 4) is 11.5 Å². The van der Waals surface area contributed by atoms with Gasteiger partial charge in [0, 0.05) is 24.2 Å². The third-order valence-electron chi connectivity index (χ3n) is 4.57. The summed E-state index contributed by atoms with van der Waals surface area (Å²) in [7, 11) is 0. The smallest absolute Gasteiger partial charge is 0.163 e. The van der Waals surface area contributed by atoms with Crippen LogP contribution in [0.5, 0.6) is 11.5 Å². The lowest BCUT2D eigenvalue weighted by Crippen LogP contribution is -2.15. The van der Waals surface area contributed by atoms with Crippen molar-refractivity contribution in [1.82, 2.24) is 0 Å². The maximum absolute atomic E-state index is 12.0. The summed E-state index contributed by atoms with van der Waals surface area (Å²) in [4.78, 5) is 12.0. The molecule has 0 aliphatic carbocycles. The third kappa shape index (κ3) is 3.45. The summed E-state index contributed by atoms with van der Waals surface area (Å²) in [6.45, 7) is 9.30. The minimum absolute atomic E-state index is 0.0913. The van der Waals surface area contributed by atoms with Gasteiger partial charge in [-0.15, -0.1) is 0 Å². The van der Waals surface area contributed by atoms with E-state index in [1.54, 1.807) is 13.0 Å². The zero-order valence-electron chi connectivity index (χ0n) is 15.0. The minimum Gasteiger partial charge on any atom is -0.486 e. The molecule has 132 valence electrons. The number of fused-ring (bicyclic) bond motifs is 1. The van der Waals surface area contributed by atoms with Gasteiger partial charge in [0.05, 0.1) is 10.7 Å². The number of benzene rings is 2. The maximum Gasteiger partial charge on any atom is 0.163 e. The van der Waals surface area contributed by atoms with Crippen LogP contribution in [0.25, 0.3) is 0 Å². The van der Waals surface area contributed by atoms with Gasteiger partial charge < -0.3 is 14.8 Å². The molecule has 1 heterocycles. The van der Waals surface area contributed by atoms with Gasteiger partial charge in [-0.1, -0.05) is 17.7 Å². The fraction of sp³-hybridized carbons (Fsp3) is 0.350. The third-order valence-corrected chi connectivity index (χ3v) is 4.88. The number of nitrogens with one attached hydrogen (secondary N) is 1. The number of ketones is 1. The van der Waals surface area contributed by atoms with Crippen LogP contribution < -0.4 is 14.8 Å². The monoisotopic (exact) mass is 359 g/mol. The molecule has 1 N–H and O–H groups in total. The Morgan fingerprint density at radius 2 is 1.72 bits per heavy atom. The number of ether oxygens (including phenoxy) is 2. The van der Waals surface area contributed by atoms with Crippen LogP contribution in [0.2, 0.25) is 5.02 Å². The number of carbonyl (C=O) groups is 1. The van der Waals surface area contributed by atoms with Gasteiger partial charge in [-0.3, -0.25) is 4.79 Å². The van der Waals surface area contributed by atoms with Gasteiger partial charge in [0.25, 0.3) is 0 Å². The molecule has 2 aromatic carbocycles. The first-order valence-corrected chi connectivity index (χ1v) is 8.70. The van der Waals surface area contributed by atoms with E-state index in [1.165, 1.54) is 0 Å². The van der Waals surface area contributed by atoms with Crippen molar-refractivity contribution in [3.63, 3.8) is 0 Å². The SMILES string of the molecule is CC(=O)c1c(C)cc(C)c(CNc2cc3c(cc2Cl)OCCO3)c1C. The summed E-state index contributed by atoms with van der Waals surface area (Å²) in [5.41, 5.74) is 5.89. The first-order valence-electron chi connectivity index (χ1n) is 8.32. The lowest BCUT2D eigenvalue weighted by molar-refractivity contribution is 0.101. The van der Waals surface area contributed by atoms with Crippen LogP contribution in [0.1, 0.15) is 39.5 Å². The molecule has 0 bridgehead atoms. The Hall–Kier alpha value is -2.20. The minimum atomic E-state index is 0.0913. The first-order chi connectivity index (χ1) is 11.9. The van der Waals surface area contributed by atoms with E-state index in [1.807, 2.05) is 19.9 Å². The Morgan fingerprint density at radius 1 is 1.08 bits per heavy atom. The predicted molar refractivity (Wildman–Crippen MR) is 100 cm³/mol. The van der Waals surface area contributed by atoms with Crippen LogP contribution in [0, 0.1) is 20.8 Å².